The van der Waals surface area contributed by atoms with E-state index in [1.54, 1.807) is 0 Å². The van der Waals surface area contributed by atoms with E-state index >= 15 is 0 Å². The Balaban J connectivity index is 2.10. The summed E-state index contributed by atoms with van der Waals surface area (Å²) >= 11 is 6.36. The number of ether oxygens (including phenoxy) is 2. The summed E-state index contributed by atoms with van der Waals surface area (Å²) in [5, 5.41) is 2.55. The van der Waals surface area contributed by atoms with Crippen molar-refractivity contribution in [2.24, 2.45) is 0 Å². The van der Waals surface area contributed by atoms with Gasteiger partial charge in [-0.15, -0.1) is 0 Å². The molecule has 0 bridgehead atoms. The molecule has 0 aliphatic carbocycles. The lowest BCUT2D eigenvalue weighted by Crippen LogP contribution is -2.21. The van der Waals surface area contributed by atoms with E-state index in [1.807, 2.05) is 0 Å². The second-order valence-electron chi connectivity index (χ2n) is 2.99. The smallest absolute Gasteiger partial charge is 0.295 e. The predicted octanol–water partition coefficient (Wildman–Crippen LogP) is 1.83. The highest BCUT2D eigenvalue weighted by Crippen LogP contribution is 2.20. The highest BCUT2D eigenvalue weighted by atomic mass is 79.9. The average Bonchev–Trinajstić information content (AvgIpc) is 2.34. The quantitative estimate of drug-likeness (QED) is 0.866. The van der Waals surface area contributed by atoms with Crippen LogP contribution < -0.4 is 5.32 Å². The van der Waals surface area contributed by atoms with Crippen LogP contribution >= 0.6 is 31.9 Å². The zero-order valence-corrected chi connectivity index (χ0v) is 11.6. The zero-order chi connectivity index (χ0) is 12.3. The van der Waals surface area contributed by atoms with Gasteiger partial charge < -0.3 is 14.8 Å². The van der Waals surface area contributed by atoms with Gasteiger partial charge in [-0.1, -0.05) is 0 Å². The van der Waals surface area contributed by atoms with Gasteiger partial charge in [-0.25, -0.2) is 9.97 Å². The van der Waals surface area contributed by atoms with Crippen LogP contribution in [0.2, 0.25) is 0 Å². The first-order valence-corrected chi connectivity index (χ1v) is 6.19. The van der Waals surface area contributed by atoms with E-state index in [2.05, 4.69) is 47.1 Å². The summed E-state index contributed by atoms with van der Waals surface area (Å²) in [5.41, 5.74) is 0. The van der Waals surface area contributed by atoms with E-state index in [0.717, 1.165) is 0 Å². The van der Waals surface area contributed by atoms with E-state index < -0.39 is 5.91 Å². The third-order valence-corrected chi connectivity index (χ3v) is 2.74. The molecule has 1 aliphatic heterocycles. The SMILES string of the molecule is O=C(Nc1ncc(Br)nc1Br)C1=COCCO1. The van der Waals surface area contributed by atoms with Crippen LogP contribution in [0.4, 0.5) is 5.82 Å². The van der Waals surface area contributed by atoms with E-state index in [4.69, 9.17) is 9.47 Å². The largest absolute Gasteiger partial charge is 0.494 e. The van der Waals surface area contributed by atoms with Crippen molar-refractivity contribution in [3.8, 4) is 0 Å². The fourth-order valence-corrected chi connectivity index (χ4v) is 2.00. The van der Waals surface area contributed by atoms with Gasteiger partial charge in [0, 0.05) is 0 Å². The molecule has 0 aromatic carbocycles. The summed E-state index contributed by atoms with van der Waals surface area (Å²) in [7, 11) is 0. The van der Waals surface area contributed by atoms with Crippen LogP contribution in [-0.2, 0) is 14.3 Å². The molecule has 6 nitrogen and oxygen atoms in total. The molecule has 2 heterocycles. The van der Waals surface area contributed by atoms with Gasteiger partial charge in [0.1, 0.15) is 28.7 Å². The fourth-order valence-electron chi connectivity index (χ4n) is 1.09. The highest BCUT2D eigenvalue weighted by Gasteiger charge is 2.17. The van der Waals surface area contributed by atoms with Crippen LogP contribution in [0.1, 0.15) is 0 Å². The number of nitrogens with one attached hydrogen (secondary N) is 1. The van der Waals surface area contributed by atoms with Crippen LogP contribution in [0, 0.1) is 0 Å². The lowest BCUT2D eigenvalue weighted by molar-refractivity contribution is -0.117. The minimum Gasteiger partial charge on any atom is -0.494 e. The number of amides is 1. The Morgan fingerprint density at radius 1 is 1.41 bits per heavy atom. The molecule has 0 fully saturated rings. The van der Waals surface area contributed by atoms with Crippen molar-refractivity contribution in [2.45, 2.75) is 0 Å². The number of rotatable bonds is 2. The van der Waals surface area contributed by atoms with Crippen LogP contribution in [-0.4, -0.2) is 29.1 Å². The first-order chi connectivity index (χ1) is 8.16. The molecule has 90 valence electrons. The third kappa shape index (κ3) is 3.16. The molecule has 1 aromatic heterocycles. The van der Waals surface area contributed by atoms with Gasteiger partial charge in [-0.05, 0) is 31.9 Å². The predicted molar refractivity (Wildman–Crippen MR) is 66.0 cm³/mol. The first-order valence-electron chi connectivity index (χ1n) is 4.61. The maximum atomic E-state index is 11.7. The van der Waals surface area contributed by atoms with E-state index in [-0.39, 0.29) is 5.76 Å². The molecular weight excluding hydrogens is 358 g/mol. The maximum absolute atomic E-state index is 11.7. The number of carbonyl (C=O) groups excluding carboxylic acids is 1. The first kappa shape index (κ1) is 12.3. The summed E-state index contributed by atoms with van der Waals surface area (Å²) in [4.78, 5) is 19.8. The lowest BCUT2D eigenvalue weighted by Gasteiger charge is -2.14. The van der Waals surface area contributed by atoms with Gasteiger partial charge in [0.25, 0.3) is 5.91 Å². The molecule has 0 saturated heterocycles. The van der Waals surface area contributed by atoms with Gasteiger partial charge in [-0.2, -0.15) is 0 Å². The monoisotopic (exact) mass is 363 g/mol. The molecule has 1 N–H and O–H groups in total. The van der Waals surface area contributed by atoms with E-state index in [1.165, 1.54) is 12.5 Å². The van der Waals surface area contributed by atoms with Crippen LogP contribution in [0.5, 0.6) is 0 Å². The fraction of sp³-hybridized carbons (Fsp3) is 0.222. The molecule has 0 spiro atoms. The van der Waals surface area contributed by atoms with Crippen molar-refractivity contribution in [3.63, 3.8) is 0 Å². The average molecular weight is 365 g/mol. The van der Waals surface area contributed by atoms with Gasteiger partial charge in [0.2, 0.25) is 5.76 Å². The minimum atomic E-state index is -0.429. The lowest BCUT2D eigenvalue weighted by atomic mass is 10.4. The number of nitrogens with zero attached hydrogens (tertiary/aromatic N) is 2. The number of aromatic nitrogens is 2. The van der Waals surface area contributed by atoms with Crippen molar-refractivity contribution < 1.29 is 14.3 Å². The van der Waals surface area contributed by atoms with Crippen LogP contribution in [0.15, 0.2) is 27.4 Å². The standard InChI is InChI=1S/C9H7Br2N3O3/c10-6-3-12-8(7(11)13-6)14-9(15)5-4-16-1-2-17-5/h3-4H,1-2H2,(H,12,14,15). The molecule has 17 heavy (non-hydrogen) atoms. The Morgan fingerprint density at radius 2 is 2.24 bits per heavy atom. The highest BCUT2D eigenvalue weighted by molar-refractivity contribution is 9.11. The Kier molecular flexibility index (Phi) is 3.95. The molecule has 0 saturated carbocycles. The molecule has 1 aromatic rings. The summed E-state index contributed by atoms with van der Waals surface area (Å²) in [6.07, 6.45) is 2.76. The summed E-state index contributed by atoms with van der Waals surface area (Å²) in [6.45, 7) is 0.797. The Morgan fingerprint density at radius 3 is 2.88 bits per heavy atom. The number of carbonyl (C=O) groups is 1. The molecule has 0 radical (unpaired) electrons. The van der Waals surface area contributed by atoms with E-state index in [9.17, 15) is 4.79 Å². The number of hydrogen-bond donors (Lipinski definition) is 1. The summed E-state index contributed by atoms with van der Waals surface area (Å²) in [6, 6.07) is 0. The van der Waals surface area contributed by atoms with Crippen LogP contribution in [0.25, 0.3) is 0 Å². The number of halogens is 2. The Bertz CT molecular complexity index is 479. The van der Waals surface area contributed by atoms with Crippen LogP contribution in [0.3, 0.4) is 0 Å². The second-order valence-corrected chi connectivity index (χ2v) is 4.55. The Labute approximate surface area is 114 Å². The number of anilines is 1. The summed E-state index contributed by atoms with van der Waals surface area (Å²) < 4.78 is 11.1. The Hall–Kier alpha value is -1.15. The second kappa shape index (κ2) is 5.46. The molecule has 8 heteroatoms. The maximum Gasteiger partial charge on any atom is 0.295 e. The minimum absolute atomic E-state index is 0.118. The molecular formula is C9H7Br2N3O3. The van der Waals surface area contributed by atoms with E-state index in [0.29, 0.717) is 28.2 Å². The van der Waals surface area contributed by atoms with Gasteiger partial charge in [0.05, 0.1) is 6.20 Å². The molecule has 1 amide bonds. The van der Waals surface area contributed by atoms with Crippen molar-refractivity contribution in [3.05, 3.63) is 27.4 Å². The zero-order valence-electron chi connectivity index (χ0n) is 8.44. The molecule has 1 aliphatic rings. The van der Waals surface area contributed by atoms with Gasteiger partial charge in [0.15, 0.2) is 5.82 Å². The van der Waals surface area contributed by atoms with Crippen molar-refractivity contribution >= 4 is 43.6 Å². The van der Waals surface area contributed by atoms with Crippen molar-refractivity contribution in [2.75, 3.05) is 18.5 Å². The van der Waals surface area contributed by atoms with Gasteiger partial charge >= 0.3 is 0 Å². The van der Waals surface area contributed by atoms with Crippen molar-refractivity contribution in [1.29, 1.82) is 0 Å². The topological polar surface area (TPSA) is 73.3 Å². The van der Waals surface area contributed by atoms with Gasteiger partial charge in [-0.3, -0.25) is 4.79 Å². The molecule has 0 unspecified atom stereocenters. The third-order valence-electron chi connectivity index (χ3n) is 1.81. The van der Waals surface area contributed by atoms with Crippen molar-refractivity contribution in [1.82, 2.24) is 9.97 Å². The number of hydrogen-bond acceptors (Lipinski definition) is 5. The normalized spacial score (nSPS) is 14.4. The molecule has 2 rings (SSSR count). The molecule has 0 atom stereocenters. The summed E-state index contributed by atoms with van der Waals surface area (Å²) in [5.74, 6) is 0.00293.